The molecule has 1 heterocycles. The lowest BCUT2D eigenvalue weighted by atomic mass is 9.78. The molecule has 5 rings (SSSR count). The monoisotopic (exact) mass is 603 g/mol. The van der Waals surface area contributed by atoms with Crippen LogP contribution in [0.1, 0.15) is 85.3 Å². The second-order valence-electron chi connectivity index (χ2n) is 11.7. The van der Waals surface area contributed by atoms with Crippen LogP contribution in [0.2, 0.25) is 10.0 Å². The minimum absolute atomic E-state index is 0.0491. The molecule has 0 radical (unpaired) electrons. The topological polar surface area (TPSA) is 61.8 Å². The molecule has 1 aliphatic heterocycles. The highest BCUT2D eigenvalue weighted by Crippen LogP contribution is 2.45. The normalized spacial score (nSPS) is 21.0. The summed E-state index contributed by atoms with van der Waals surface area (Å²) in [7, 11) is 0. The first-order valence-corrected chi connectivity index (χ1v) is 15.8. The molecule has 2 aliphatic rings. The lowest BCUT2D eigenvalue weighted by Gasteiger charge is -2.41. The molecule has 1 spiro atoms. The van der Waals surface area contributed by atoms with Crippen LogP contribution in [0.5, 0.6) is 0 Å². The fraction of sp³-hybridized carbons (Fsp3) is 0.400. The van der Waals surface area contributed by atoms with E-state index >= 15 is 0 Å². The minimum atomic E-state index is -0.581. The first-order valence-electron chi connectivity index (χ1n) is 15.1. The van der Waals surface area contributed by atoms with Crippen molar-refractivity contribution in [2.24, 2.45) is 10.9 Å². The summed E-state index contributed by atoms with van der Waals surface area (Å²) in [4.78, 5) is 33.6. The van der Waals surface area contributed by atoms with Gasteiger partial charge in [-0.3, -0.25) is 14.6 Å². The molecule has 1 aliphatic carbocycles. The summed E-state index contributed by atoms with van der Waals surface area (Å²) >= 11 is 12.6. The number of rotatable bonds is 10. The van der Waals surface area contributed by atoms with E-state index in [0.29, 0.717) is 58.2 Å². The molecular weight excluding hydrogens is 565 g/mol. The Balaban J connectivity index is 1.31. The van der Waals surface area contributed by atoms with Crippen LogP contribution < -0.4 is 5.32 Å². The molecule has 1 atom stereocenters. The fourth-order valence-corrected chi connectivity index (χ4v) is 6.67. The van der Waals surface area contributed by atoms with Crippen LogP contribution in [-0.2, 0) is 11.2 Å². The molecule has 2 amide bonds. The average molecular weight is 605 g/mol. The van der Waals surface area contributed by atoms with Gasteiger partial charge in [0.2, 0.25) is 0 Å². The van der Waals surface area contributed by atoms with Crippen molar-refractivity contribution >= 4 is 40.7 Å². The van der Waals surface area contributed by atoms with E-state index in [2.05, 4.69) is 43.4 Å². The minimum Gasteiger partial charge on any atom is -0.352 e. The van der Waals surface area contributed by atoms with Crippen LogP contribution in [-0.4, -0.2) is 41.2 Å². The zero-order valence-electron chi connectivity index (χ0n) is 24.4. The van der Waals surface area contributed by atoms with Gasteiger partial charge in [0.15, 0.2) is 0 Å². The summed E-state index contributed by atoms with van der Waals surface area (Å²) < 4.78 is 0. The van der Waals surface area contributed by atoms with Gasteiger partial charge in [-0.2, -0.15) is 0 Å². The number of halogens is 2. The molecule has 3 aromatic carbocycles. The Hall–Kier alpha value is -3.15. The summed E-state index contributed by atoms with van der Waals surface area (Å²) in [6.45, 7) is 5.58. The first kappa shape index (κ1) is 30.3. The van der Waals surface area contributed by atoms with E-state index in [-0.39, 0.29) is 11.8 Å². The smallest absolute Gasteiger partial charge is 0.274 e. The number of hydrogen-bond acceptors (Lipinski definition) is 3. The van der Waals surface area contributed by atoms with Crippen LogP contribution in [0.25, 0.3) is 0 Å². The second-order valence-corrected chi connectivity index (χ2v) is 12.6. The molecule has 1 N–H and O–H groups in total. The Morgan fingerprint density at radius 1 is 1.02 bits per heavy atom. The van der Waals surface area contributed by atoms with E-state index < -0.39 is 5.66 Å². The number of amides is 2. The Bertz CT molecular complexity index is 1410. The number of aliphatic imine (C=N–C) groups is 1. The SMILES string of the molecule is CCC(C)CCNC(=O)c1ccc(CCN2C(=O)C(c3cc(Cl)cc(Cl)c3)=NC23CCC(c2ccccc2)CC3)cc1. The summed E-state index contributed by atoms with van der Waals surface area (Å²) in [6.07, 6.45) is 6.27. The zero-order valence-corrected chi connectivity index (χ0v) is 25.9. The molecule has 0 aromatic heterocycles. The largest absolute Gasteiger partial charge is 0.352 e. The van der Waals surface area contributed by atoms with Gasteiger partial charge < -0.3 is 10.2 Å². The fourth-order valence-electron chi connectivity index (χ4n) is 6.14. The number of nitrogens with zero attached hydrogens (tertiary/aromatic N) is 2. The van der Waals surface area contributed by atoms with Gasteiger partial charge in [0.1, 0.15) is 11.4 Å². The Morgan fingerprint density at radius 2 is 1.69 bits per heavy atom. The van der Waals surface area contributed by atoms with E-state index in [1.807, 2.05) is 35.2 Å². The third-order valence-corrected chi connectivity index (χ3v) is 9.36. The second kappa shape index (κ2) is 13.4. The standard InChI is InChI=1S/C35H39Cl2N3O2/c1-3-24(2)15-19-38-33(41)28-11-9-25(10-12-28)16-20-40-34(42)32(29-21-30(36)23-31(37)22-29)39-35(40)17-13-27(14-18-35)26-7-5-4-6-8-26/h4-12,21-24,27H,3,13-20H2,1-2H3,(H,38,41). The molecule has 5 nitrogen and oxygen atoms in total. The van der Waals surface area contributed by atoms with Crippen molar-refractivity contribution in [3.63, 3.8) is 0 Å². The van der Waals surface area contributed by atoms with E-state index in [1.54, 1.807) is 18.2 Å². The lowest BCUT2D eigenvalue weighted by molar-refractivity contribution is -0.128. The quantitative estimate of drug-likeness (QED) is 0.254. The van der Waals surface area contributed by atoms with Crippen molar-refractivity contribution in [2.75, 3.05) is 13.1 Å². The predicted molar refractivity (Wildman–Crippen MR) is 172 cm³/mol. The molecule has 220 valence electrons. The lowest BCUT2D eigenvalue weighted by Crippen LogP contribution is -2.49. The van der Waals surface area contributed by atoms with E-state index in [0.717, 1.165) is 44.1 Å². The van der Waals surface area contributed by atoms with Crippen molar-refractivity contribution in [3.8, 4) is 0 Å². The highest BCUT2D eigenvalue weighted by Gasteiger charge is 2.48. The van der Waals surface area contributed by atoms with Crippen LogP contribution in [0.15, 0.2) is 77.8 Å². The van der Waals surface area contributed by atoms with Gasteiger partial charge in [0.25, 0.3) is 11.8 Å². The molecule has 1 fully saturated rings. The summed E-state index contributed by atoms with van der Waals surface area (Å²) in [5.74, 6) is 0.922. The van der Waals surface area contributed by atoms with Crippen LogP contribution in [0.3, 0.4) is 0 Å². The molecule has 0 bridgehead atoms. The van der Waals surface area contributed by atoms with E-state index in [9.17, 15) is 9.59 Å². The molecule has 42 heavy (non-hydrogen) atoms. The van der Waals surface area contributed by atoms with Gasteiger partial charge in [-0.05, 0) is 91.8 Å². The third-order valence-electron chi connectivity index (χ3n) is 8.92. The molecule has 1 unspecified atom stereocenters. The maximum absolute atomic E-state index is 13.9. The van der Waals surface area contributed by atoms with Crippen molar-refractivity contribution in [1.29, 1.82) is 0 Å². The molecule has 3 aromatic rings. The summed E-state index contributed by atoms with van der Waals surface area (Å²) in [5.41, 5.74) is 3.58. The first-order chi connectivity index (χ1) is 20.3. The number of nitrogens with one attached hydrogen (secondary N) is 1. The van der Waals surface area contributed by atoms with Crippen LogP contribution in [0.4, 0.5) is 0 Å². The molecule has 0 saturated heterocycles. The maximum atomic E-state index is 13.9. The van der Waals surface area contributed by atoms with Gasteiger partial charge in [0, 0.05) is 34.3 Å². The number of hydrogen-bond donors (Lipinski definition) is 1. The van der Waals surface area contributed by atoms with Crippen molar-refractivity contribution in [2.45, 2.75) is 70.4 Å². The molecular formula is C35H39Cl2N3O2. The number of benzene rings is 3. The third kappa shape index (κ3) is 6.90. The highest BCUT2D eigenvalue weighted by molar-refractivity contribution is 6.47. The number of carbonyl (C=O) groups is 2. The van der Waals surface area contributed by atoms with Crippen LogP contribution >= 0.6 is 23.2 Å². The Morgan fingerprint density at radius 3 is 2.33 bits per heavy atom. The van der Waals surface area contributed by atoms with Crippen molar-refractivity contribution in [1.82, 2.24) is 10.2 Å². The molecule has 1 saturated carbocycles. The Labute approximate surface area is 259 Å². The Kier molecular flexibility index (Phi) is 9.70. The van der Waals surface area contributed by atoms with Gasteiger partial charge in [-0.1, -0.05) is 85.9 Å². The number of carbonyl (C=O) groups excluding carboxylic acids is 2. The van der Waals surface area contributed by atoms with Gasteiger partial charge in [-0.15, -0.1) is 0 Å². The zero-order chi connectivity index (χ0) is 29.7. The highest BCUT2D eigenvalue weighted by atomic mass is 35.5. The predicted octanol–water partition coefficient (Wildman–Crippen LogP) is 8.09. The maximum Gasteiger partial charge on any atom is 0.274 e. The van der Waals surface area contributed by atoms with Crippen LogP contribution in [0, 0.1) is 5.92 Å². The van der Waals surface area contributed by atoms with Gasteiger partial charge in [0.05, 0.1) is 0 Å². The van der Waals surface area contributed by atoms with Gasteiger partial charge in [-0.25, -0.2) is 0 Å². The van der Waals surface area contributed by atoms with Crippen molar-refractivity contribution in [3.05, 3.63) is 105 Å². The van der Waals surface area contributed by atoms with E-state index in [4.69, 9.17) is 28.2 Å². The van der Waals surface area contributed by atoms with Crippen molar-refractivity contribution < 1.29 is 9.59 Å². The summed E-state index contributed by atoms with van der Waals surface area (Å²) in [5, 5.41) is 3.99. The van der Waals surface area contributed by atoms with E-state index in [1.165, 1.54) is 5.56 Å². The molecule has 7 heteroatoms. The van der Waals surface area contributed by atoms with Gasteiger partial charge >= 0.3 is 0 Å². The summed E-state index contributed by atoms with van der Waals surface area (Å²) in [6, 6.07) is 23.5. The average Bonchev–Trinajstić information content (AvgIpc) is 3.26.